The second-order valence-electron chi connectivity index (χ2n) is 4.25. The van der Waals surface area contributed by atoms with Gasteiger partial charge in [0, 0.05) is 12.2 Å². The fraction of sp³-hybridized carbons (Fsp3) is 0.571. The molecule has 0 bridgehead atoms. The Morgan fingerprint density at radius 1 is 1.11 bits per heavy atom. The number of rotatable bonds is 8. The third-order valence-corrected chi connectivity index (χ3v) is 2.80. The number of fused-ring (bicyclic) bond motifs is 1. The summed E-state index contributed by atoms with van der Waals surface area (Å²) in [6.07, 6.45) is 2.13. The van der Waals surface area contributed by atoms with E-state index in [-0.39, 0.29) is 6.10 Å². The lowest BCUT2D eigenvalue weighted by molar-refractivity contribution is -0.235. The quantitative estimate of drug-likeness (QED) is 0.526. The predicted molar refractivity (Wildman–Crippen MR) is 67.4 cm³/mol. The lowest BCUT2D eigenvalue weighted by Crippen LogP contribution is -2.11. The SMILES string of the molecule is CCCCOCCOCC1OOc2ccccc21. The van der Waals surface area contributed by atoms with Crippen molar-refractivity contribution in [2.45, 2.75) is 25.9 Å². The van der Waals surface area contributed by atoms with Crippen molar-refractivity contribution in [3.8, 4) is 5.75 Å². The zero-order valence-corrected chi connectivity index (χ0v) is 10.8. The minimum Gasteiger partial charge on any atom is -0.379 e. The van der Waals surface area contributed by atoms with Crippen LogP contribution in [0.1, 0.15) is 31.4 Å². The topological polar surface area (TPSA) is 36.9 Å². The Morgan fingerprint density at radius 2 is 1.94 bits per heavy atom. The van der Waals surface area contributed by atoms with Gasteiger partial charge in [-0.15, -0.1) is 0 Å². The van der Waals surface area contributed by atoms with Crippen molar-refractivity contribution in [1.82, 2.24) is 0 Å². The number of ether oxygens (including phenoxy) is 2. The number of hydrogen-bond donors (Lipinski definition) is 0. The first-order valence-electron chi connectivity index (χ1n) is 6.49. The summed E-state index contributed by atoms with van der Waals surface area (Å²) in [6.45, 7) is 4.68. The summed E-state index contributed by atoms with van der Waals surface area (Å²) in [7, 11) is 0. The van der Waals surface area contributed by atoms with Crippen molar-refractivity contribution in [3.05, 3.63) is 29.8 Å². The van der Waals surface area contributed by atoms with Gasteiger partial charge in [0.2, 0.25) is 0 Å². The molecule has 1 aromatic carbocycles. The molecule has 0 saturated carbocycles. The van der Waals surface area contributed by atoms with Gasteiger partial charge in [-0.25, -0.2) is 0 Å². The number of hydrogen-bond acceptors (Lipinski definition) is 4. The molecule has 0 fully saturated rings. The van der Waals surface area contributed by atoms with E-state index in [1.807, 2.05) is 24.3 Å². The van der Waals surface area contributed by atoms with E-state index in [0.29, 0.717) is 19.8 Å². The van der Waals surface area contributed by atoms with Crippen LogP contribution in [0.15, 0.2) is 24.3 Å². The van der Waals surface area contributed by atoms with E-state index in [2.05, 4.69) is 6.92 Å². The summed E-state index contributed by atoms with van der Waals surface area (Å²) in [5.41, 5.74) is 1.05. The predicted octanol–water partition coefficient (Wildman–Crippen LogP) is 2.89. The van der Waals surface area contributed by atoms with E-state index in [1.54, 1.807) is 0 Å². The highest BCUT2D eigenvalue weighted by molar-refractivity contribution is 5.36. The summed E-state index contributed by atoms with van der Waals surface area (Å²) < 4.78 is 10.9. The van der Waals surface area contributed by atoms with Crippen LogP contribution in [-0.2, 0) is 14.4 Å². The molecule has 0 aromatic heterocycles. The largest absolute Gasteiger partial charge is 0.379 e. The highest BCUT2D eigenvalue weighted by Gasteiger charge is 2.25. The molecular weight excluding hydrogens is 232 g/mol. The van der Waals surface area contributed by atoms with Gasteiger partial charge in [-0.05, 0) is 12.5 Å². The molecule has 0 amide bonds. The van der Waals surface area contributed by atoms with Gasteiger partial charge in [-0.3, -0.25) is 0 Å². The first kappa shape index (κ1) is 13.3. The molecule has 0 spiro atoms. The Labute approximate surface area is 108 Å². The molecule has 1 atom stereocenters. The molecule has 100 valence electrons. The van der Waals surface area contributed by atoms with E-state index < -0.39 is 0 Å². The molecular formula is C14H20O4. The zero-order chi connectivity index (χ0) is 12.6. The standard InChI is InChI=1S/C14H20O4/c1-2-3-8-15-9-10-16-11-14-12-6-4-5-7-13(12)17-18-14/h4-7,14H,2-3,8-11H2,1H3. The molecule has 1 aliphatic heterocycles. The fourth-order valence-electron chi connectivity index (χ4n) is 1.76. The minimum absolute atomic E-state index is 0.128. The van der Waals surface area contributed by atoms with Crippen LogP contribution in [0.4, 0.5) is 0 Å². The van der Waals surface area contributed by atoms with Gasteiger partial charge < -0.3 is 14.4 Å². The van der Waals surface area contributed by atoms with Crippen LogP contribution in [0.25, 0.3) is 0 Å². The van der Waals surface area contributed by atoms with Crippen LogP contribution in [-0.4, -0.2) is 26.4 Å². The van der Waals surface area contributed by atoms with Crippen molar-refractivity contribution < 1.29 is 19.2 Å². The summed E-state index contributed by atoms with van der Waals surface area (Å²) in [5, 5.41) is 0. The van der Waals surface area contributed by atoms with E-state index >= 15 is 0 Å². The Balaban J connectivity index is 1.61. The molecule has 0 radical (unpaired) electrons. The van der Waals surface area contributed by atoms with Crippen LogP contribution in [0, 0.1) is 0 Å². The maximum Gasteiger partial charge on any atom is 0.171 e. The molecule has 4 heteroatoms. The van der Waals surface area contributed by atoms with Crippen LogP contribution in [0.2, 0.25) is 0 Å². The number of unbranched alkanes of at least 4 members (excludes halogenated alkanes) is 1. The highest BCUT2D eigenvalue weighted by Crippen LogP contribution is 2.34. The summed E-state index contributed by atoms with van der Waals surface area (Å²) in [5.74, 6) is 0.783. The van der Waals surface area contributed by atoms with Crippen molar-refractivity contribution in [2.75, 3.05) is 26.4 Å². The van der Waals surface area contributed by atoms with Crippen LogP contribution < -0.4 is 4.89 Å². The summed E-state index contributed by atoms with van der Waals surface area (Å²) >= 11 is 0. The number of benzene rings is 1. The second-order valence-corrected chi connectivity index (χ2v) is 4.25. The van der Waals surface area contributed by atoms with Gasteiger partial charge in [0.15, 0.2) is 11.9 Å². The molecule has 1 aromatic rings. The molecule has 18 heavy (non-hydrogen) atoms. The smallest absolute Gasteiger partial charge is 0.171 e. The van der Waals surface area contributed by atoms with E-state index in [9.17, 15) is 0 Å². The molecule has 4 nitrogen and oxygen atoms in total. The van der Waals surface area contributed by atoms with Crippen LogP contribution in [0.5, 0.6) is 5.75 Å². The van der Waals surface area contributed by atoms with Gasteiger partial charge in [0.25, 0.3) is 0 Å². The van der Waals surface area contributed by atoms with Gasteiger partial charge in [0.05, 0.1) is 19.8 Å². The third-order valence-electron chi connectivity index (χ3n) is 2.80. The maximum atomic E-state index is 5.52. The molecule has 2 rings (SSSR count). The van der Waals surface area contributed by atoms with E-state index in [4.69, 9.17) is 19.2 Å². The first-order valence-corrected chi connectivity index (χ1v) is 6.49. The minimum atomic E-state index is -0.128. The lowest BCUT2D eigenvalue weighted by atomic mass is 10.1. The Bertz CT molecular complexity index is 353. The average Bonchev–Trinajstić information content (AvgIpc) is 2.81. The second kappa shape index (κ2) is 7.36. The van der Waals surface area contributed by atoms with Gasteiger partial charge in [0.1, 0.15) is 0 Å². The van der Waals surface area contributed by atoms with Crippen molar-refractivity contribution in [2.24, 2.45) is 0 Å². The highest BCUT2D eigenvalue weighted by atomic mass is 17.2. The summed E-state index contributed by atoms with van der Waals surface area (Å²) in [6, 6.07) is 7.78. The molecule has 0 aliphatic carbocycles. The van der Waals surface area contributed by atoms with Gasteiger partial charge in [-0.2, -0.15) is 4.89 Å². The monoisotopic (exact) mass is 252 g/mol. The first-order chi connectivity index (χ1) is 8.92. The van der Waals surface area contributed by atoms with Crippen LogP contribution >= 0.6 is 0 Å². The van der Waals surface area contributed by atoms with Gasteiger partial charge in [-0.1, -0.05) is 31.5 Å². The number of para-hydroxylation sites is 1. The van der Waals surface area contributed by atoms with E-state index in [0.717, 1.165) is 30.8 Å². The fourth-order valence-corrected chi connectivity index (χ4v) is 1.76. The lowest BCUT2D eigenvalue weighted by Gasteiger charge is -2.09. The van der Waals surface area contributed by atoms with Gasteiger partial charge >= 0.3 is 0 Å². The van der Waals surface area contributed by atoms with Crippen LogP contribution in [0.3, 0.4) is 0 Å². The Morgan fingerprint density at radius 3 is 2.83 bits per heavy atom. The summed E-state index contributed by atoms with van der Waals surface area (Å²) in [4.78, 5) is 10.3. The molecule has 0 saturated heterocycles. The normalized spacial score (nSPS) is 17.5. The molecule has 1 unspecified atom stereocenters. The Hall–Kier alpha value is -1.10. The molecule has 1 heterocycles. The zero-order valence-electron chi connectivity index (χ0n) is 10.8. The molecule has 1 aliphatic rings. The average molecular weight is 252 g/mol. The van der Waals surface area contributed by atoms with Crippen molar-refractivity contribution >= 4 is 0 Å². The molecule has 0 N–H and O–H groups in total. The third kappa shape index (κ3) is 3.70. The Kier molecular flexibility index (Phi) is 5.45. The van der Waals surface area contributed by atoms with E-state index in [1.165, 1.54) is 0 Å². The van der Waals surface area contributed by atoms with Crippen molar-refractivity contribution in [3.63, 3.8) is 0 Å². The maximum absolute atomic E-state index is 5.52. The van der Waals surface area contributed by atoms with Crippen molar-refractivity contribution in [1.29, 1.82) is 0 Å².